The Balaban J connectivity index is 1.77. The summed E-state index contributed by atoms with van der Waals surface area (Å²) in [5.74, 6) is -2.51. The van der Waals surface area contributed by atoms with Gasteiger partial charge in [0.1, 0.15) is 17.5 Å². The first-order valence-corrected chi connectivity index (χ1v) is 15.5. The first-order valence-electron chi connectivity index (χ1n) is 12.8. The van der Waals surface area contributed by atoms with Gasteiger partial charge in [0, 0.05) is 33.4 Å². The quantitative estimate of drug-likeness (QED) is 0.333. The maximum atomic E-state index is 14.5. The van der Waals surface area contributed by atoms with Crippen LogP contribution < -0.4 is 15.4 Å². The minimum absolute atomic E-state index is 0.0199. The molecule has 5 rings (SSSR count). The van der Waals surface area contributed by atoms with E-state index in [9.17, 15) is 27.9 Å². The molecule has 3 aromatic carbocycles. The molecule has 0 spiro atoms. The van der Waals surface area contributed by atoms with Crippen LogP contribution in [0.2, 0.25) is 10.0 Å². The van der Waals surface area contributed by atoms with Gasteiger partial charge in [0.25, 0.3) is 15.9 Å². The number of likely N-dealkylation sites (tertiary alicyclic amines) is 1. The zero-order valence-electron chi connectivity index (χ0n) is 21.8. The number of carbonyl (C=O) groups excluding carboxylic acids is 3. The molecule has 0 bridgehead atoms. The average molecular weight is 652 g/mol. The van der Waals surface area contributed by atoms with E-state index in [0.29, 0.717) is 6.42 Å². The molecule has 3 aromatic rings. The smallest absolute Gasteiger partial charge is 0.265 e. The van der Waals surface area contributed by atoms with Gasteiger partial charge < -0.3 is 21.1 Å². The number of aliphatic hydroxyl groups is 1. The normalized spacial score (nSPS) is 21.7. The summed E-state index contributed by atoms with van der Waals surface area (Å²) in [5.41, 5.74) is 3.47. The van der Waals surface area contributed by atoms with Crippen molar-refractivity contribution in [1.82, 2.24) is 4.90 Å². The van der Waals surface area contributed by atoms with Crippen LogP contribution in [0.15, 0.2) is 71.6 Å². The number of amides is 3. The minimum Gasteiger partial charge on any atom is -0.377 e. The van der Waals surface area contributed by atoms with Crippen LogP contribution in [0.3, 0.4) is 0 Å². The number of sulfonamides is 1. The highest BCUT2D eigenvalue weighted by molar-refractivity contribution is 7.93. The van der Waals surface area contributed by atoms with Gasteiger partial charge in [-0.1, -0.05) is 47.5 Å². The summed E-state index contributed by atoms with van der Waals surface area (Å²) in [5, 5.41) is 15.4. The molecular formula is C28H25Cl3N4O6S. The highest BCUT2D eigenvalue weighted by atomic mass is 35.5. The summed E-state index contributed by atoms with van der Waals surface area (Å²) in [6, 6.07) is 12.9. The Labute approximate surface area is 257 Å². The standard InChI is InChI=1S/C28H25Cl3N4O6S/c29-15-24(36)33-17-5-3-6-18(14-17)42(40,41)35-22-11-10-16(30)13-20(22)28(39,19-7-1-2-8-21(19)31)25(35)27(38)34-12-4-9-23(34)26(32)37/h1-3,5-8,10-11,13-14,23,25,39H,4,9,12,15H2,(H2,32,37)(H,33,36)/t23-,25-,28+/m0/s1. The fraction of sp³-hybridized carbons (Fsp3) is 0.250. The topological polar surface area (TPSA) is 150 Å². The van der Waals surface area contributed by atoms with Gasteiger partial charge in [-0.15, -0.1) is 11.6 Å². The van der Waals surface area contributed by atoms with E-state index >= 15 is 0 Å². The Kier molecular flexibility index (Phi) is 8.16. The fourth-order valence-electron chi connectivity index (χ4n) is 5.60. The van der Waals surface area contributed by atoms with E-state index in [4.69, 9.17) is 40.5 Å². The number of hydrogen-bond acceptors (Lipinski definition) is 6. The van der Waals surface area contributed by atoms with Crippen LogP contribution >= 0.6 is 34.8 Å². The van der Waals surface area contributed by atoms with Crippen LogP contribution in [-0.2, 0) is 30.0 Å². The second kappa shape index (κ2) is 11.4. The molecule has 10 nitrogen and oxygen atoms in total. The Hall–Kier alpha value is -3.35. The Morgan fingerprint density at radius 2 is 1.76 bits per heavy atom. The van der Waals surface area contributed by atoms with Crippen molar-refractivity contribution in [2.45, 2.75) is 35.4 Å². The average Bonchev–Trinajstić information content (AvgIpc) is 3.55. The molecule has 0 aliphatic carbocycles. The number of hydrogen-bond donors (Lipinski definition) is 3. The lowest BCUT2D eigenvalue weighted by Crippen LogP contribution is -2.59. The number of alkyl halides is 1. The number of rotatable bonds is 7. The van der Waals surface area contributed by atoms with Crippen molar-refractivity contribution in [3.63, 3.8) is 0 Å². The van der Waals surface area contributed by atoms with Crippen molar-refractivity contribution in [3.05, 3.63) is 87.9 Å². The third-order valence-electron chi connectivity index (χ3n) is 7.42. The SMILES string of the molecule is NC(=O)[C@@H]1CCCN1C(=O)[C@@H]1N(S(=O)(=O)c2cccc(NC(=O)CCl)c2)c2ccc(Cl)cc2[C@]1(O)c1ccccc1Cl. The van der Waals surface area contributed by atoms with Crippen molar-refractivity contribution < 1.29 is 27.9 Å². The first-order chi connectivity index (χ1) is 19.9. The van der Waals surface area contributed by atoms with Gasteiger partial charge in [-0.25, -0.2) is 12.7 Å². The third-order valence-corrected chi connectivity index (χ3v) is 10.00. The summed E-state index contributed by atoms with van der Waals surface area (Å²) in [4.78, 5) is 39.5. The van der Waals surface area contributed by atoms with Crippen molar-refractivity contribution in [3.8, 4) is 0 Å². The highest BCUT2D eigenvalue weighted by Gasteiger charge is 2.61. The van der Waals surface area contributed by atoms with Crippen LogP contribution in [0, 0.1) is 0 Å². The zero-order chi connectivity index (χ0) is 30.4. The number of fused-ring (bicyclic) bond motifs is 1. The second-order valence-corrected chi connectivity index (χ2v) is 12.8. The third kappa shape index (κ3) is 4.99. The fourth-order valence-corrected chi connectivity index (χ4v) is 7.81. The molecule has 220 valence electrons. The van der Waals surface area contributed by atoms with Gasteiger partial charge in [-0.05, 0) is 55.3 Å². The van der Waals surface area contributed by atoms with E-state index < -0.39 is 45.4 Å². The van der Waals surface area contributed by atoms with Crippen molar-refractivity contribution in [2.75, 3.05) is 22.0 Å². The number of anilines is 2. The van der Waals surface area contributed by atoms with Crippen molar-refractivity contribution in [1.29, 1.82) is 0 Å². The van der Waals surface area contributed by atoms with E-state index in [1.54, 1.807) is 12.1 Å². The summed E-state index contributed by atoms with van der Waals surface area (Å²) in [6.07, 6.45) is 0.733. The molecule has 1 saturated heterocycles. The number of nitrogens with one attached hydrogen (secondary N) is 1. The number of primary amides is 1. The van der Waals surface area contributed by atoms with Crippen LogP contribution in [0.4, 0.5) is 11.4 Å². The van der Waals surface area contributed by atoms with Crippen LogP contribution in [0.25, 0.3) is 0 Å². The molecule has 0 saturated carbocycles. The van der Waals surface area contributed by atoms with E-state index in [0.717, 1.165) is 4.31 Å². The number of nitrogens with two attached hydrogens (primary N) is 1. The maximum Gasteiger partial charge on any atom is 0.265 e. The largest absolute Gasteiger partial charge is 0.377 e. The van der Waals surface area contributed by atoms with Crippen LogP contribution in [0.1, 0.15) is 24.0 Å². The van der Waals surface area contributed by atoms with E-state index in [2.05, 4.69) is 5.32 Å². The predicted octanol–water partition coefficient (Wildman–Crippen LogP) is 3.46. The lowest BCUT2D eigenvalue weighted by molar-refractivity contribution is -0.141. The summed E-state index contributed by atoms with van der Waals surface area (Å²) >= 11 is 18.5. The lowest BCUT2D eigenvalue weighted by atomic mass is 9.82. The van der Waals surface area contributed by atoms with Crippen molar-refractivity contribution >= 4 is 73.9 Å². The molecule has 0 aromatic heterocycles. The highest BCUT2D eigenvalue weighted by Crippen LogP contribution is 2.53. The van der Waals surface area contributed by atoms with Gasteiger partial charge >= 0.3 is 0 Å². The summed E-state index contributed by atoms with van der Waals surface area (Å²) < 4.78 is 29.8. The molecule has 3 amide bonds. The maximum absolute atomic E-state index is 14.5. The van der Waals surface area contributed by atoms with Crippen molar-refractivity contribution in [2.24, 2.45) is 5.73 Å². The molecule has 4 N–H and O–H groups in total. The first kappa shape index (κ1) is 30.1. The van der Waals surface area contributed by atoms with Crippen LogP contribution in [-0.4, -0.2) is 60.7 Å². The zero-order valence-corrected chi connectivity index (χ0v) is 24.9. The minimum atomic E-state index is -4.64. The Morgan fingerprint density at radius 1 is 1.02 bits per heavy atom. The van der Waals surface area contributed by atoms with E-state index in [-0.39, 0.29) is 56.3 Å². The number of carbonyl (C=O) groups is 3. The van der Waals surface area contributed by atoms with E-state index in [1.165, 1.54) is 59.5 Å². The molecule has 14 heteroatoms. The van der Waals surface area contributed by atoms with Gasteiger partial charge in [-0.2, -0.15) is 0 Å². The second-order valence-electron chi connectivity index (χ2n) is 9.91. The summed E-state index contributed by atoms with van der Waals surface area (Å²) in [6.45, 7) is 0.118. The number of nitrogens with zero attached hydrogens (tertiary/aromatic N) is 2. The molecule has 2 aliphatic heterocycles. The monoisotopic (exact) mass is 650 g/mol. The molecule has 42 heavy (non-hydrogen) atoms. The molecule has 0 radical (unpaired) electrons. The molecule has 2 aliphatic rings. The Morgan fingerprint density at radius 3 is 2.45 bits per heavy atom. The Bertz CT molecular complexity index is 1700. The van der Waals surface area contributed by atoms with Gasteiger partial charge in [0.15, 0.2) is 6.04 Å². The molecular weight excluding hydrogens is 627 g/mol. The number of benzene rings is 3. The van der Waals surface area contributed by atoms with E-state index in [1.807, 2.05) is 0 Å². The lowest BCUT2D eigenvalue weighted by Gasteiger charge is -2.38. The molecule has 0 unspecified atom stereocenters. The van der Waals surface area contributed by atoms with Gasteiger partial charge in [0.05, 0.1) is 10.6 Å². The molecule has 3 atom stereocenters. The summed E-state index contributed by atoms with van der Waals surface area (Å²) in [7, 11) is -4.64. The van der Waals surface area contributed by atoms with Crippen LogP contribution in [0.5, 0.6) is 0 Å². The van der Waals surface area contributed by atoms with Gasteiger partial charge in [0.2, 0.25) is 11.8 Å². The number of halogens is 3. The van der Waals surface area contributed by atoms with Gasteiger partial charge in [-0.3, -0.25) is 14.4 Å². The predicted molar refractivity (Wildman–Crippen MR) is 159 cm³/mol. The molecule has 1 fully saturated rings. The molecule has 2 heterocycles.